The Bertz CT molecular complexity index is 416. The Morgan fingerprint density at radius 3 is 2.65 bits per heavy atom. The molecule has 0 radical (unpaired) electrons. The fourth-order valence-electron chi connectivity index (χ4n) is 2.19. The van der Waals surface area contributed by atoms with E-state index < -0.39 is 5.97 Å². The van der Waals surface area contributed by atoms with Crippen LogP contribution < -0.4 is 0 Å². The molecule has 1 amide bonds. The van der Waals surface area contributed by atoms with Crippen molar-refractivity contribution in [2.45, 2.75) is 12.8 Å². The number of rotatable bonds is 3. The predicted molar refractivity (Wildman–Crippen MR) is 62.7 cm³/mol. The number of nitrogens with zero attached hydrogens (tertiary/aromatic N) is 1. The first-order valence-electron chi connectivity index (χ1n) is 5.73. The number of carbonyl (C=O) groups excluding carboxylic acids is 1. The van der Waals surface area contributed by atoms with E-state index in [1.54, 1.807) is 17.0 Å². The summed E-state index contributed by atoms with van der Waals surface area (Å²) in [5.74, 6) is -0.692. The van der Waals surface area contributed by atoms with E-state index in [-0.39, 0.29) is 18.2 Å². The number of amides is 1. The molecule has 90 valence electrons. The lowest BCUT2D eigenvalue weighted by Crippen LogP contribution is -2.28. The van der Waals surface area contributed by atoms with Gasteiger partial charge in [-0.2, -0.15) is 0 Å². The highest BCUT2D eigenvalue weighted by molar-refractivity contribution is 5.94. The average molecular weight is 233 g/mol. The second-order valence-corrected chi connectivity index (χ2v) is 4.37. The van der Waals surface area contributed by atoms with E-state index >= 15 is 0 Å². The molecule has 2 rings (SSSR count). The summed E-state index contributed by atoms with van der Waals surface area (Å²) in [4.78, 5) is 24.4. The first-order chi connectivity index (χ1) is 8.16. The van der Waals surface area contributed by atoms with Gasteiger partial charge in [0.1, 0.15) is 0 Å². The van der Waals surface area contributed by atoms with Crippen LogP contribution in [0, 0.1) is 5.92 Å². The van der Waals surface area contributed by atoms with E-state index in [0.29, 0.717) is 18.7 Å². The number of hydrogen-bond acceptors (Lipinski definition) is 2. The van der Waals surface area contributed by atoms with Crippen LogP contribution in [0.15, 0.2) is 30.3 Å². The summed E-state index contributed by atoms with van der Waals surface area (Å²) in [6.07, 6.45) is 0.934. The summed E-state index contributed by atoms with van der Waals surface area (Å²) in [6, 6.07) is 9.10. The van der Waals surface area contributed by atoms with Crippen LogP contribution in [0.5, 0.6) is 0 Å². The van der Waals surface area contributed by atoms with Crippen molar-refractivity contribution in [3.05, 3.63) is 35.9 Å². The van der Waals surface area contributed by atoms with Crippen LogP contribution >= 0.6 is 0 Å². The molecule has 1 unspecified atom stereocenters. The van der Waals surface area contributed by atoms with Crippen LogP contribution in [0.4, 0.5) is 0 Å². The van der Waals surface area contributed by atoms with E-state index in [1.165, 1.54) is 0 Å². The summed E-state index contributed by atoms with van der Waals surface area (Å²) in [6.45, 7) is 1.21. The number of carboxylic acids is 1. The molecule has 0 aromatic heterocycles. The van der Waals surface area contributed by atoms with Crippen molar-refractivity contribution < 1.29 is 14.7 Å². The van der Waals surface area contributed by atoms with Gasteiger partial charge in [-0.05, 0) is 24.5 Å². The lowest BCUT2D eigenvalue weighted by Gasteiger charge is -2.16. The molecule has 1 N–H and O–H groups in total. The van der Waals surface area contributed by atoms with Gasteiger partial charge >= 0.3 is 5.97 Å². The van der Waals surface area contributed by atoms with Crippen molar-refractivity contribution >= 4 is 11.9 Å². The highest BCUT2D eigenvalue weighted by atomic mass is 16.4. The Hall–Kier alpha value is -1.84. The van der Waals surface area contributed by atoms with Crippen LogP contribution in [0.25, 0.3) is 0 Å². The molecule has 0 spiro atoms. The standard InChI is InChI=1S/C13H15NO3/c15-12(16)8-10-6-7-14(9-10)13(17)11-4-2-1-3-5-11/h1-5,10H,6-9H2,(H,15,16). The highest BCUT2D eigenvalue weighted by Gasteiger charge is 2.28. The van der Waals surface area contributed by atoms with Crippen molar-refractivity contribution in [1.82, 2.24) is 4.90 Å². The summed E-state index contributed by atoms with van der Waals surface area (Å²) in [7, 11) is 0. The maximum Gasteiger partial charge on any atom is 0.303 e. The average Bonchev–Trinajstić information content (AvgIpc) is 2.77. The molecule has 1 aromatic rings. The zero-order chi connectivity index (χ0) is 12.3. The first-order valence-corrected chi connectivity index (χ1v) is 5.73. The van der Waals surface area contributed by atoms with Gasteiger partial charge in [-0.1, -0.05) is 18.2 Å². The monoisotopic (exact) mass is 233 g/mol. The van der Waals surface area contributed by atoms with Crippen molar-refractivity contribution in [3.8, 4) is 0 Å². The van der Waals surface area contributed by atoms with E-state index in [2.05, 4.69) is 0 Å². The minimum absolute atomic E-state index is 0.00140. The summed E-state index contributed by atoms with van der Waals surface area (Å²) in [5, 5.41) is 8.71. The van der Waals surface area contributed by atoms with Crippen LogP contribution in [0.2, 0.25) is 0 Å². The largest absolute Gasteiger partial charge is 0.481 e. The van der Waals surface area contributed by atoms with Crippen LogP contribution in [-0.4, -0.2) is 35.0 Å². The van der Waals surface area contributed by atoms with E-state index in [9.17, 15) is 9.59 Å². The minimum atomic E-state index is -0.788. The molecule has 1 aliphatic rings. The second-order valence-electron chi connectivity index (χ2n) is 4.37. The van der Waals surface area contributed by atoms with Crippen molar-refractivity contribution in [2.75, 3.05) is 13.1 Å². The maximum atomic E-state index is 12.1. The first kappa shape index (κ1) is 11.6. The molecule has 17 heavy (non-hydrogen) atoms. The Labute approximate surface area is 99.9 Å². The molecule has 0 bridgehead atoms. The molecule has 1 aromatic carbocycles. The van der Waals surface area contributed by atoms with Crippen molar-refractivity contribution in [3.63, 3.8) is 0 Å². The Morgan fingerprint density at radius 2 is 2.00 bits per heavy atom. The minimum Gasteiger partial charge on any atom is -0.481 e. The summed E-state index contributed by atoms with van der Waals surface area (Å²) in [5.41, 5.74) is 0.670. The fraction of sp³-hybridized carbons (Fsp3) is 0.385. The number of carbonyl (C=O) groups is 2. The molecule has 1 saturated heterocycles. The number of carboxylic acid groups (broad SMARTS) is 1. The van der Waals surface area contributed by atoms with Crippen LogP contribution in [-0.2, 0) is 4.79 Å². The summed E-state index contributed by atoms with van der Waals surface area (Å²) >= 11 is 0. The third-order valence-electron chi connectivity index (χ3n) is 3.06. The van der Waals surface area contributed by atoms with Gasteiger partial charge in [-0.25, -0.2) is 0 Å². The third kappa shape index (κ3) is 2.84. The van der Waals surface area contributed by atoms with Gasteiger partial charge in [0.05, 0.1) is 0 Å². The topological polar surface area (TPSA) is 57.6 Å². The molecule has 1 atom stereocenters. The molecule has 1 fully saturated rings. The lowest BCUT2D eigenvalue weighted by atomic mass is 10.1. The molecular formula is C13H15NO3. The van der Waals surface area contributed by atoms with E-state index in [0.717, 1.165) is 6.42 Å². The van der Waals surface area contributed by atoms with E-state index in [4.69, 9.17) is 5.11 Å². The quantitative estimate of drug-likeness (QED) is 0.863. The third-order valence-corrected chi connectivity index (χ3v) is 3.06. The van der Waals surface area contributed by atoms with Crippen molar-refractivity contribution in [2.24, 2.45) is 5.92 Å². The van der Waals surface area contributed by atoms with Crippen LogP contribution in [0.1, 0.15) is 23.2 Å². The predicted octanol–water partition coefficient (Wildman–Crippen LogP) is 1.62. The molecule has 1 heterocycles. The maximum absolute atomic E-state index is 12.1. The molecule has 1 aliphatic heterocycles. The van der Waals surface area contributed by atoms with Crippen LogP contribution in [0.3, 0.4) is 0 Å². The van der Waals surface area contributed by atoms with Gasteiger partial charge in [0, 0.05) is 25.1 Å². The zero-order valence-electron chi connectivity index (χ0n) is 9.50. The zero-order valence-corrected chi connectivity index (χ0v) is 9.50. The number of likely N-dealkylation sites (tertiary alicyclic amines) is 1. The lowest BCUT2D eigenvalue weighted by molar-refractivity contribution is -0.138. The smallest absolute Gasteiger partial charge is 0.303 e. The van der Waals surface area contributed by atoms with Gasteiger partial charge in [-0.15, -0.1) is 0 Å². The Balaban J connectivity index is 1.97. The number of benzene rings is 1. The fourth-order valence-corrected chi connectivity index (χ4v) is 2.19. The second kappa shape index (κ2) is 4.99. The molecular weight excluding hydrogens is 218 g/mol. The molecule has 4 nitrogen and oxygen atoms in total. The number of aliphatic carboxylic acids is 1. The van der Waals surface area contributed by atoms with Gasteiger partial charge in [0.25, 0.3) is 5.91 Å². The Morgan fingerprint density at radius 1 is 1.29 bits per heavy atom. The van der Waals surface area contributed by atoms with Gasteiger partial charge in [-0.3, -0.25) is 9.59 Å². The normalized spacial score (nSPS) is 19.3. The van der Waals surface area contributed by atoms with Crippen molar-refractivity contribution in [1.29, 1.82) is 0 Å². The van der Waals surface area contributed by atoms with E-state index in [1.807, 2.05) is 18.2 Å². The number of hydrogen-bond donors (Lipinski definition) is 1. The SMILES string of the molecule is O=C(O)CC1CCN(C(=O)c2ccccc2)C1. The Kier molecular flexibility index (Phi) is 3.42. The van der Waals surface area contributed by atoms with Gasteiger partial charge in [0.2, 0.25) is 0 Å². The van der Waals surface area contributed by atoms with Gasteiger partial charge in [0.15, 0.2) is 0 Å². The highest BCUT2D eigenvalue weighted by Crippen LogP contribution is 2.21. The molecule has 0 saturated carbocycles. The summed E-state index contributed by atoms with van der Waals surface area (Å²) < 4.78 is 0. The molecule has 4 heteroatoms. The molecule has 0 aliphatic carbocycles. The van der Waals surface area contributed by atoms with Gasteiger partial charge < -0.3 is 10.0 Å².